The minimum absolute atomic E-state index is 0.0536. The van der Waals surface area contributed by atoms with Crippen molar-refractivity contribution in [1.29, 1.82) is 0 Å². The van der Waals surface area contributed by atoms with Gasteiger partial charge in [-0.3, -0.25) is 4.99 Å². The first-order chi connectivity index (χ1) is 17.2. The molecule has 1 aliphatic carbocycles. The molecule has 0 aromatic rings. The van der Waals surface area contributed by atoms with Crippen LogP contribution in [-0.4, -0.2) is 69.2 Å². The van der Waals surface area contributed by atoms with Gasteiger partial charge in [0.2, 0.25) is 0 Å². The van der Waals surface area contributed by atoms with Crippen LogP contribution in [0.4, 0.5) is 92.2 Å². The van der Waals surface area contributed by atoms with Gasteiger partial charge in [0, 0.05) is 0 Å². The summed E-state index contributed by atoms with van der Waals surface area (Å²) in [6, 6.07) is -1.35. The van der Waals surface area contributed by atoms with Crippen LogP contribution in [-0.2, 0) is 0 Å². The molecule has 0 N–H and O–H groups in total. The van der Waals surface area contributed by atoms with Crippen LogP contribution in [0, 0.1) is 0 Å². The number of rotatable bonds is 10. The van der Waals surface area contributed by atoms with Gasteiger partial charge in [-0.15, -0.1) is 0 Å². The number of hydrogen-bond acceptors (Lipinski definition) is 1. The third-order valence-corrected chi connectivity index (χ3v) is 6.60. The van der Waals surface area contributed by atoms with Crippen LogP contribution in [0.3, 0.4) is 0 Å². The van der Waals surface area contributed by atoms with Crippen LogP contribution in [0.5, 0.6) is 0 Å². The highest BCUT2D eigenvalue weighted by atomic mass is 127. The van der Waals surface area contributed by atoms with Gasteiger partial charge >= 0.3 is 59.5 Å². The predicted molar refractivity (Wildman–Crippen MR) is 98.9 cm³/mol. The maximum absolute atomic E-state index is 14.1. The fourth-order valence-electron chi connectivity index (χ4n) is 3.14. The Kier molecular flexibility index (Phi) is 9.50. The molecule has 23 heteroatoms. The highest BCUT2D eigenvalue weighted by Gasteiger charge is 2.98. The van der Waals surface area contributed by atoms with Gasteiger partial charge in [-0.05, 0) is 35.4 Å². The van der Waals surface area contributed by atoms with E-state index in [4.69, 9.17) is 0 Å². The molecule has 0 amide bonds. The van der Waals surface area contributed by atoms with Gasteiger partial charge in [0.15, 0.2) is 0 Å². The minimum Gasteiger partial charge on any atom is -0.274 e. The maximum atomic E-state index is 14.1. The van der Waals surface area contributed by atoms with Gasteiger partial charge in [-0.1, -0.05) is 19.3 Å². The smallest absolute Gasteiger partial charge is 0.274 e. The van der Waals surface area contributed by atoms with Gasteiger partial charge in [-0.2, -0.15) is 92.2 Å². The fourth-order valence-corrected chi connectivity index (χ4v) is 3.87. The lowest BCUT2D eigenvalue weighted by molar-refractivity contribution is -0.472. The van der Waals surface area contributed by atoms with Crippen LogP contribution < -0.4 is 0 Å². The molecule has 0 radical (unpaired) electrons. The van der Waals surface area contributed by atoms with Gasteiger partial charge in [0.25, 0.3) is 0 Å². The zero-order valence-electron chi connectivity index (χ0n) is 18.4. The van der Waals surface area contributed by atoms with Crippen molar-refractivity contribution in [2.45, 2.75) is 97.6 Å². The zero-order valence-corrected chi connectivity index (χ0v) is 20.5. The normalized spacial score (nSPS) is 19.3. The summed E-state index contributed by atoms with van der Waals surface area (Å²) in [5.74, 6) is -77.0. The van der Waals surface area contributed by atoms with Crippen molar-refractivity contribution in [3.63, 3.8) is 0 Å². The van der Waals surface area contributed by atoms with Crippen molar-refractivity contribution in [2.75, 3.05) is 0 Å². The summed E-state index contributed by atoms with van der Waals surface area (Å²) in [6.07, 6.45) is -7.50. The average molecular weight is 755 g/mol. The molecule has 238 valence electrons. The Morgan fingerprint density at radius 3 is 1.00 bits per heavy atom. The van der Waals surface area contributed by atoms with Crippen LogP contribution in [0.15, 0.2) is 4.99 Å². The largest absolute Gasteiger partial charge is 0.460 e. The molecule has 1 rings (SSSR count). The molecule has 40 heavy (non-hydrogen) atoms. The highest BCUT2D eigenvalue weighted by molar-refractivity contribution is 14.1. The lowest BCUT2D eigenvalue weighted by Gasteiger charge is -2.44. The second-order valence-corrected chi connectivity index (χ2v) is 9.40. The molecule has 1 fully saturated rings. The third kappa shape index (κ3) is 4.97. The summed E-state index contributed by atoms with van der Waals surface area (Å²) in [7, 11) is 0. The zero-order chi connectivity index (χ0) is 32.4. The molecular formula is C17H11F21IN. The third-order valence-electron chi connectivity index (χ3n) is 5.64. The molecule has 1 saturated carbocycles. The molecule has 0 spiro atoms. The molecule has 0 aromatic carbocycles. The van der Waals surface area contributed by atoms with Gasteiger partial charge in [0.1, 0.15) is 3.72 Å². The Morgan fingerprint density at radius 1 is 0.425 bits per heavy atom. The predicted octanol–water partition coefficient (Wildman–Crippen LogP) is 9.43. The summed E-state index contributed by atoms with van der Waals surface area (Å²) in [4.78, 5) is 2.85. The van der Waals surface area contributed by atoms with Gasteiger partial charge in [-0.25, -0.2) is 0 Å². The van der Waals surface area contributed by atoms with E-state index in [1.54, 1.807) is 0 Å². The van der Waals surface area contributed by atoms with Crippen LogP contribution in [0.1, 0.15) is 32.1 Å². The molecule has 0 heterocycles. The van der Waals surface area contributed by atoms with E-state index in [2.05, 4.69) is 4.99 Å². The van der Waals surface area contributed by atoms with E-state index in [-0.39, 0.29) is 48.3 Å². The summed E-state index contributed by atoms with van der Waals surface area (Å²) < 4.78 is 279. The van der Waals surface area contributed by atoms with Crippen LogP contribution in [0.25, 0.3) is 0 Å². The number of aliphatic imine (C=N–C) groups is 1. The molecule has 1 nitrogen and oxygen atoms in total. The second kappa shape index (κ2) is 10.3. The summed E-state index contributed by atoms with van der Waals surface area (Å²) >= 11 is 0.0536. The molecule has 0 bridgehead atoms. The molecule has 0 saturated heterocycles. The van der Waals surface area contributed by atoms with E-state index < -0.39 is 69.2 Å². The van der Waals surface area contributed by atoms with Crippen molar-refractivity contribution >= 4 is 26.3 Å². The van der Waals surface area contributed by atoms with Gasteiger partial charge in [0.05, 0.1) is 6.04 Å². The van der Waals surface area contributed by atoms with Crippen molar-refractivity contribution in [2.24, 2.45) is 4.99 Å². The Morgan fingerprint density at radius 2 is 0.700 bits per heavy atom. The minimum atomic E-state index is -9.17. The number of nitrogens with zero attached hydrogens (tertiary/aromatic N) is 1. The molecule has 0 atom stereocenters. The highest BCUT2D eigenvalue weighted by Crippen LogP contribution is 2.66. The summed E-state index contributed by atoms with van der Waals surface area (Å²) in [5, 5.41) is 0. The molecule has 0 unspecified atom stereocenters. The number of halogens is 22. The Bertz CT molecular complexity index is 943. The Labute approximate surface area is 221 Å². The van der Waals surface area contributed by atoms with E-state index >= 15 is 0 Å². The second-order valence-electron chi connectivity index (χ2n) is 8.38. The quantitative estimate of drug-likeness (QED) is 0.120. The molecule has 1 aliphatic rings. The van der Waals surface area contributed by atoms with E-state index in [9.17, 15) is 92.2 Å². The number of alkyl halides is 21. The first-order valence-electron chi connectivity index (χ1n) is 9.96. The van der Waals surface area contributed by atoms with E-state index in [0.29, 0.717) is 6.42 Å². The maximum Gasteiger partial charge on any atom is 0.460 e. The van der Waals surface area contributed by atoms with Crippen molar-refractivity contribution < 1.29 is 92.2 Å². The topological polar surface area (TPSA) is 12.4 Å². The monoisotopic (exact) mass is 755 g/mol. The van der Waals surface area contributed by atoms with Crippen LogP contribution in [0.2, 0.25) is 0 Å². The number of hydrogen-bond donors (Lipinski definition) is 0. The SMILES string of the molecule is FC(F)(F)C(F)(F)C(F)(F)C(F)(F)C(F)(F)C(F)(F)C(F)(F)C(F)(F)C(F)(F)C(F)(F)C(I)=NC1CCCCC1. The first-order valence-corrected chi connectivity index (χ1v) is 11.0. The van der Waals surface area contributed by atoms with Crippen molar-refractivity contribution in [3.05, 3.63) is 0 Å². The fraction of sp³-hybridized carbons (Fsp3) is 0.941. The lowest BCUT2D eigenvalue weighted by atomic mass is 9.86. The lowest BCUT2D eigenvalue weighted by Crippen LogP contribution is -2.77. The van der Waals surface area contributed by atoms with Crippen LogP contribution >= 0.6 is 22.6 Å². The van der Waals surface area contributed by atoms with E-state index in [1.807, 2.05) is 0 Å². The van der Waals surface area contributed by atoms with E-state index in [0.717, 1.165) is 0 Å². The molecule has 0 aliphatic heterocycles. The first kappa shape index (κ1) is 37.0. The Balaban J connectivity index is 3.72. The van der Waals surface area contributed by atoms with E-state index in [1.165, 1.54) is 0 Å². The standard InChI is InChI=1S/C17H11F21IN/c18-8(19,7(39)40-6-4-2-1-3-5-6)9(20,21)10(22,23)11(24,25)12(26,27)13(28,29)14(30,31)15(32,33)16(34,35)17(36,37)38/h6H,1-5H2. The van der Waals surface area contributed by atoms with Crippen molar-refractivity contribution in [1.82, 2.24) is 0 Å². The summed E-state index contributed by atoms with van der Waals surface area (Å²) in [6.45, 7) is 0. The Hall–Kier alpha value is -1.07. The van der Waals surface area contributed by atoms with Crippen molar-refractivity contribution in [3.8, 4) is 0 Å². The molecular weight excluding hydrogens is 744 g/mol. The summed E-state index contributed by atoms with van der Waals surface area (Å²) in [5.41, 5.74) is 0. The average Bonchev–Trinajstić information content (AvgIpc) is 2.77. The molecule has 0 aromatic heterocycles. The van der Waals surface area contributed by atoms with Gasteiger partial charge < -0.3 is 0 Å².